The predicted molar refractivity (Wildman–Crippen MR) is 74.5 cm³/mol. The summed E-state index contributed by atoms with van der Waals surface area (Å²) in [5.74, 6) is -0.277. The molecule has 1 aliphatic rings. The number of nitrogens with two attached hydrogens (primary N) is 1. The van der Waals surface area contributed by atoms with Crippen LogP contribution in [-0.4, -0.2) is 30.8 Å². The topological polar surface area (TPSA) is 38.5 Å². The summed E-state index contributed by atoms with van der Waals surface area (Å²) in [6, 6.07) is 5.14. The van der Waals surface area contributed by atoms with E-state index in [0.29, 0.717) is 31.0 Å². The van der Waals surface area contributed by atoms with Crippen LogP contribution in [0.5, 0.6) is 0 Å². The summed E-state index contributed by atoms with van der Waals surface area (Å²) in [5, 5.41) is 0. The summed E-state index contributed by atoms with van der Waals surface area (Å²) in [6.07, 6.45) is 0.927. The smallest absolute Gasteiger partial charge is 0.147 e. The summed E-state index contributed by atoms with van der Waals surface area (Å²) in [6.45, 7) is 4.06. The van der Waals surface area contributed by atoms with Crippen molar-refractivity contribution in [3.05, 3.63) is 29.6 Å². The molecular formula is C13H17FN2OS. The normalized spacial score (nSPS) is 19.9. The van der Waals surface area contributed by atoms with Crippen molar-refractivity contribution in [2.75, 3.05) is 24.7 Å². The van der Waals surface area contributed by atoms with Gasteiger partial charge in [0.2, 0.25) is 0 Å². The van der Waals surface area contributed by atoms with E-state index in [-0.39, 0.29) is 16.8 Å². The van der Waals surface area contributed by atoms with Crippen molar-refractivity contribution in [3.63, 3.8) is 0 Å². The Balaban J connectivity index is 2.29. The molecule has 1 aromatic carbocycles. The number of anilines is 1. The third kappa shape index (κ3) is 2.62. The molecule has 1 aromatic rings. The zero-order valence-corrected chi connectivity index (χ0v) is 11.2. The van der Waals surface area contributed by atoms with Gasteiger partial charge < -0.3 is 15.4 Å². The number of morpholine rings is 1. The summed E-state index contributed by atoms with van der Waals surface area (Å²) >= 11 is 4.84. The summed E-state index contributed by atoms with van der Waals surface area (Å²) < 4.78 is 19.5. The van der Waals surface area contributed by atoms with Crippen molar-refractivity contribution in [2.24, 2.45) is 5.73 Å². The van der Waals surface area contributed by atoms with Crippen molar-refractivity contribution in [3.8, 4) is 0 Å². The second kappa shape index (κ2) is 5.63. The van der Waals surface area contributed by atoms with Crippen molar-refractivity contribution in [2.45, 2.75) is 19.4 Å². The lowest BCUT2D eigenvalue weighted by molar-refractivity contribution is 0.0926. The highest BCUT2D eigenvalue weighted by Gasteiger charge is 2.24. The zero-order chi connectivity index (χ0) is 13.1. The molecule has 1 atom stereocenters. The van der Waals surface area contributed by atoms with Crippen molar-refractivity contribution in [1.29, 1.82) is 0 Å². The minimum absolute atomic E-state index is 0.217. The standard InChI is InChI=1S/C13H17FN2OS/c1-2-10-8-17-6-5-16(10)12-4-3-9(13(15)18)7-11(12)14/h3-4,7,10H,2,5-6,8H2,1H3,(H2,15,18). The first-order valence-corrected chi connectivity index (χ1v) is 6.48. The summed E-state index contributed by atoms with van der Waals surface area (Å²) in [4.78, 5) is 2.27. The van der Waals surface area contributed by atoms with Crippen LogP contribution in [0.3, 0.4) is 0 Å². The molecule has 2 rings (SSSR count). The third-order valence-corrected chi connectivity index (χ3v) is 3.48. The molecular weight excluding hydrogens is 251 g/mol. The van der Waals surface area contributed by atoms with E-state index in [2.05, 4.69) is 11.8 Å². The molecule has 0 bridgehead atoms. The predicted octanol–water partition coefficient (Wildman–Crippen LogP) is 2.08. The lowest BCUT2D eigenvalue weighted by Gasteiger charge is -2.37. The average molecular weight is 268 g/mol. The largest absolute Gasteiger partial charge is 0.389 e. The molecule has 98 valence electrons. The molecule has 0 amide bonds. The lowest BCUT2D eigenvalue weighted by Crippen LogP contribution is -2.45. The average Bonchev–Trinajstić information content (AvgIpc) is 2.38. The molecule has 5 heteroatoms. The maximum atomic E-state index is 14.1. The van der Waals surface area contributed by atoms with Gasteiger partial charge in [-0.25, -0.2) is 4.39 Å². The van der Waals surface area contributed by atoms with E-state index in [9.17, 15) is 4.39 Å². The molecule has 18 heavy (non-hydrogen) atoms. The van der Waals surface area contributed by atoms with E-state index in [0.717, 1.165) is 6.42 Å². The van der Waals surface area contributed by atoms with Gasteiger partial charge in [0.05, 0.1) is 24.9 Å². The third-order valence-electron chi connectivity index (χ3n) is 3.24. The molecule has 0 radical (unpaired) electrons. The van der Waals surface area contributed by atoms with Crippen LogP contribution in [0.25, 0.3) is 0 Å². The van der Waals surface area contributed by atoms with E-state index in [1.165, 1.54) is 6.07 Å². The number of hydrogen-bond acceptors (Lipinski definition) is 3. The fourth-order valence-electron chi connectivity index (χ4n) is 2.20. The van der Waals surface area contributed by atoms with E-state index in [4.69, 9.17) is 22.7 Å². The Morgan fingerprint density at radius 3 is 3.00 bits per heavy atom. The molecule has 1 saturated heterocycles. The van der Waals surface area contributed by atoms with E-state index in [1.807, 2.05) is 0 Å². The van der Waals surface area contributed by atoms with Gasteiger partial charge in [0.25, 0.3) is 0 Å². The molecule has 2 N–H and O–H groups in total. The van der Waals surface area contributed by atoms with Crippen LogP contribution in [-0.2, 0) is 4.74 Å². The van der Waals surface area contributed by atoms with Gasteiger partial charge in [-0.3, -0.25) is 0 Å². The van der Waals surface area contributed by atoms with Crippen LogP contribution in [0.15, 0.2) is 18.2 Å². The Kier molecular flexibility index (Phi) is 4.14. The van der Waals surface area contributed by atoms with Gasteiger partial charge in [0.15, 0.2) is 0 Å². The van der Waals surface area contributed by atoms with Gasteiger partial charge in [0, 0.05) is 12.1 Å². The van der Waals surface area contributed by atoms with Gasteiger partial charge >= 0.3 is 0 Å². The van der Waals surface area contributed by atoms with Crippen LogP contribution in [0.1, 0.15) is 18.9 Å². The van der Waals surface area contributed by atoms with Gasteiger partial charge in [-0.15, -0.1) is 0 Å². The summed E-state index contributed by atoms with van der Waals surface area (Å²) in [5.41, 5.74) is 6.66. The molecule has 0 spiro atoms. The molecule has 3 nitrogen and oxygen atoms in total. The SMILES string of the molecule is CCC1COCCN1c1ccc(C(N)=S)cc1F. The Labute approximate surface area is 112 Å². The van der Waals surface area contributed by atoms with E-state index >= 15 is 0 Å². The van der Waals surface area contributed by atoms with Crippen molar-refractivity contribution >= 4 is 22.9 Å². The maximum absolute atomic E-state index is 14.1. The highest BCUT2D eigenvalue weighted by atomic mass is 32.1. The molecule has 1 aliphatic heterocycles. The first-order chi connectivity index (χ1) is 8.63. The Morgan fingerprint density at radius 1 is 1.61 bits per heavy atom. The van der Waals surface area contributed by atoms with Gasteiger partial charge in [-0.05, 0) is 24.6 Å². The maximum Gasteiger partial charge on any atom is 0.147 e. The molecule has 1 fully saturated rings. The van der Waals surface area contributed by atoms with Crippen LogP contribution in [0, 0.1) is 5.82 Å². The molecule has 1 heterocycles. The molecule has 1 unspecified atom stereocenters. The first-order valence-electron chi connectivity index (χ1n) is 6.07. The Morgan fingerprint density at radius 2 is 2.39 bits per heavy atom. The number of rotatable bonds is 3. The minimum atomic E-state index is -0.277. The van der Waals surface area contributed by atoms with Crippen LogP contribution in [0.2, 0.25) is 0 Å². The van der Waals surface area contributed by atoms with Crippen molar-refractivity contribution < 1.29 is 9.13 Å². The first kappa shape index (κ1) is 13.2. The number of hydrogen-bond donors (Lipinski definition) is 1. The van der Waals surface area contributed by atoms with Crippen LogP contribution >= 0.6 is 12.2 Å². The summed E-state index contributed by atoms with van der Waals surface area (Å²) in [7, 11) is 0. The second-order valence-corrected chi connectivity index (χ2v) is 4.80. The van der Waals surface area contributed by atoms with Gasteiger partial charge in [0.1, 0.15) is 10.8 Å². The highest BCUT2D eigenvalue weighted by molar-refractivity contribution is 7.80. The number of benzene rings is 1. The molecule has 0 saturated carbocycles. The van der Waals surface area contributed by atoms with Crippen LogP contribution in [0.4, 0.5) is 10.1 Å². The Hall–Kier alpha value is -1.20. The number of halogens is 1. The lowest BCUT2D eigenvalue weighted by atomic mass is 10.1. The quantitative estimate of drug-likeness (QED) is 0.852. The number of thiocarbonyl (C=S) groups is 1. The molecule has 0 aromatic heterocycles. The fourth-order valence-corrected chi connectivity index (χ4v) is 2.33. The monoisotopic (exact) mass is 268 g/mol. The zero-order valence-electron chi connectivity index (χ0n) is 10.4. The minimum Gasteiger partial charge on any atom is -0.389 e. The number of nitrogens with zero attached hydrogens (tertiary/aromatic N) is 1. The molecule has 0 aliphatic carbocycles. The number of ether oxygens (including phenoxy) is 1. The fraction of sp³-hybridized carbons (Fsp3) is 0.462. The Bertz CT molecular complexity index is 453. The van der Waals surface area contributed by atoms with Gasteiger partial charge in [-0.1, -0.05) is 19.1 Å². The highest BCUT2D eigenvalue weighted by Crippen LogP contribution is 2.25. The van der Waals surface area contributed by atoms with E-state index < -0.39 is 0 Å². The second-order valence-electron chi connectivity index (χ2n) is 4.36. The van der Waals surface area contributed by atoms with Crippen molar-refractivity contribution in [1.82, 2.24) is 0 Å². The van der Waals surface area contributed by atoms with E-state index in [1.54, 1.807) is 12.1 Å². The van der Waals surface area contributed by atoms with Gasteiger partial charge in [-0.2, -0.15) is 0 Å². The van der Waals surface area contributed by atoms with Crippen LogP contribution < -0.4 is 10.6 Å².